The maximum absolute atomic E-state index is 12.9. The molecule has 0 atom stereocenters. The minimum Gasteiger partial charge on any atom is -0.366 e. The van der Waals surface area contributed by atoms with Crippen molar-refractivity contribution in [2.75, 3.05) is 18.8 Å². The highest BCUT2D eigenvalue weighted by atomic mass is 32.2. The maximum Gasteiger partial charge on any atom is 0.416 e. The molecule has 33 heavy (non-hydrogen) atoms. The lowest BCUT2D eigenvalue weighted by molar-refractivity contribution is -0.137. The van der Waals surface area contributed by atoms with Gasteiger partial charge in [0.2, 0.25) is 10.0 Å². The minimum atomic E-state index is -4.44. The van der Waals surface area contributed by atoms with Crippen LogP contribution in [0.25, 0.3) is 22.0 Å². The number of nitrogens with one attached hydrogen (secondary N) is 1. The lowest BCUT2D eigenvalue weighted by atomic mass is 9.88. The van der Waals surface area contributed by atoms with Crippen molar-refractivity contribution < 1.29 is 26.4 Å². The molecule has 10 heteroatoms. The van der Waals surface area contributed by atoms with E-state index < -0.39 is 27.7 Å². The highest BCUT2D eigenvalue weighted by Gasteiger charge is 2.31. The quantitative estimate of drug-likeness (QED) is 0.565. The number of fused-ring (bicyclic) bond motifs is 1. The summed E-state index contributed by atoms with van der Waals surface area (Å²) in [6.07, 6.45) is -1.37. The molecule has 1 saturated heterocycles. The minimum absolute atomic E-state index is 0.0587. The van der Waals surface area contributed by atoms with Crippen LogP contribution in [-0.2, 0) is 16.2 Å². The molecule has 1 aliphatic rings. The number of hydrogen-bond acceptors (Lipinski definition) is 3. The molecular weight excluding hydrogens is 455 g/mol. The number of aromatic amines is 1. The van der Waals surface area contributed by atoms with E-state index in [2.05, 4.69) is 4.98 Å². The molecule has 0 unspecified atom stereocenters. The van der Waals surface area contributed by atoms with E-state index in [-0.39, 0.29) is 17.2 Å². The number of primary amides is 1. The molecule has 3 N–H and O–H groups in total. The lowest BCUT2D eigenvalue weighted by Crippen LogP contribution is -2.38. The molecule has 1 aromatic heterocycles. The zero-order valence-corrected chi connectivity index (χ0v) is 18.8. The van der Waals surface area contributed by atoms with Gasteiger partial charge in [0.05, 0.1) is 22.4 Å². The standard InChI is InChI=1S/C23H24F3N3O3S/c1-2-33(31,32)29-9-7-15(8-10-29)20-13-28-21-18(20)11-16(12-19(21)22(27)30)14-3-5-17(6-4-14)23(24,25)26/h3-6,11-13,15,28H,2,7-10H2,1H3,(H2,27,30). The smallest absolute Gasteiger partial charge is 0.366 e. The summed E-state index contributed by atoms with van der Waals surface area (Å²) in [5.41, 5.74) is 7.71. The van der Waals surface area contributed by atoms with E-state index in [9.17, 15) is 26.4 Å². The van der Waals surface area contributed by atoms with Gasteiger partial charge in [0.15, 0.2) is 0 Å². The summed E-state index contributed by atoms with van der Waals surface area (Å²) < 4.78 is 64.6. The van der Waals surface area contributed by atoms with Crippen LogP contribution in [-0.4, -0.2) is 42.5 Å². The third kappa shape index (κ3) is 4.49. The van der Waals surface area contributed by atoms with Crippen LogP contribution >= 0.6 is 0 Å². The highest BCUT2D eigenvalue weighted by molar-refractivity contribution is 7.89. The summed E-state index contributed by atoms with van der Waals surface area (Å²) in [5, 5.41) is 0.762. The number of nitrogens with zero attached hydrogens (tertiary/aromatic N) is 1. The van der Waals surface area contributed by atoms with Gasteiger partial charge in [-0.2, -0.15) is 13.2 Å². The third-order valence-corrected chi connectivity index (χ3v) is 8.17. The fourth-order valence-corrected chi connectivity index (χ4v) is 5.56. The van der Waals surface area contributed by atoms with Crippen LogP contribution in [0.4, 0.5) is 13.2 Å². The Morgan fingerprint density at radius 2 is 1.76 bits per heavy atom. The number of nitrogens with two attached hydrogens (primary N) is 1. The summed E-state index contributed by atoms with van der Waals surface area (Å²) in [5.74, 6) is -0.514. The number of piperidine rings is 1. The van der Waals surface area contributed by atoms with Gasteiger partial charge in [0, 0.05) is 24.7 Å². The third-order valence-electron chi connectivity index (χ3n) is 6.28. The van der Waals surface area contributed by atoms with E-state index in [0.29, 0.717) is 42.6 Å². The van der Waals surface area contributed by atoms with Gasteiger partial charge < -0.3 is 10.7 Å². The lowest BCUT2D eigenvalue weighted by Gasteiger charge is -2.31. The molecule has 3 aromatic rings. The number of benzene rings is 2. The number of amides is 1. The predicted octanol–water partition coefficient (Wildman–Crippen LogP) is 4.48. The van der Waals surface area contributed by atoms with Crippen LogP contribution in [0.5, 0.6) is 0 Å². The van der Waals surface area contributed by atoms with Crippen LogP contribution < -0.4 is 5.73 Å². The normalized spacial score (nSPS) is 16.4. The van der Waals surface area contributed by atoms with Gasteiger partial charge in [-0.15, -0.1) is 0 Å². The number of halogens is 3. The van der Waals surface area contributed by atoms with Crippen molar-refractivity contribution in [3.05, 3.63) is 59.3 Å². The Labute approximate surface area is 189 Å². The van der Waals surface area contributed by atoms with Gasteiger partial charge in [0.25, 0.3) is 5.91 Å². The van der Waals surface area contributed by atoms with E-state index in [1.807, 2.05) is 12.3 Å². The predicted molar refractivity (Wildman–Crippen MR) is 120 cm³/mol. The Bertz CT molecular complexity index is 1290. The fraction of sp³-hybridized carbons (Fsp3) is 0.348. The summed E-state index contributed by atoms with van der Waals surface area (Å²) in [7, 11) is -3.25. The molecule has 1 amide bonds. The number of rotatable bonds is 5. The Morgan fingerprint density at radius 1 is 1.12 bits per heavy atom. The molecule has 4 rings (SSSR count). The first-order valence-electron chi connectivity index (χ1n) is 10.6. The second kappa shape index (κ2) is 8.49. The van der Waals surface area contributed by atoms with Crippen molar-refractivity contribution in [1.82, 2.24) is 9.29 Å². The molecule has 1 aliphatic heterocycles. The first-order chi connectivity index (χ1) is 15.5. The summed E-state index contributed by atoms with van der Waals surface area (Å²) in [4.78, 5) is 15.3. The Morgan fingerprint density at radius 3 is 2.30 bits per heavy atom. The van der Waals surface area contributed by atoms with Crippen molar-refractivity contribution in [2.45, 2.75) is 31.9 Å². The van der Waals surface area contributed by atoms with Crippen LogP contribution in [0, 0.1) is 0 Å². The summed E-state index contributed by atoms with van der Waals surface area (Å²) in [6.45, 7) is 2.44. The van der Waals surface area contributed by atoms with Gasteiger partial charge in [-0.3, -0.25) is 4.79 Å². The monoisotopic (exact) mass is 479 g/mol. The van der Waals surface area contributed by atoms with Gasteiger partial charge >= 0.3 is 6.18 Å². The second-order valence-corrected chi connectivity index (χ2v) is 10.5. The number of hydrogen-bond donors (Lipinski definition) is 2. The van der Waals surface area contributed by atoms with Crippen LogP contribution in [0.15, 0.2) is 42.6 Å². The number of aromatic nitrogens is 1. The van der Waals surface area contributed by atoms with E-state index in [1.54, 1.807) is 13.0 Å². The Hall–Kier alpha value is -2.85. The molecular formula is C23H24F3N3O3S. The van der Waals surface area contributed by atoms with Crippen molar-refractivity contribution in [3.63, 3.8) is 0 Å². The zero-order valence-electron chi connectivity index (χ0n) is 17.9. The number of H-pyrrole nitrogens is 1. The molecule has 0 aliphatic carbocycles. The Balaban J connectivity index is 1.72. The molecule has 0 radical (unpaired) electrons. The average Bonchev–Trinajstić information content (AvgIpc) is 3.22. The molecule has 0 saturated carbocycles. The maximum atomic E-state index is 12.9. The number of sulfonamides is 1. The second-order valence-electron chi connectivity index (χ2n) is 8.20. The van der Waals surface area contributed by atoms with Crippen molar-refractivity contribution >= 4 is 26.8 Å². The Kier molecular flexibility index (Phi) is 6.00. The van der Waals surface area contributed by atoms with Crippen LogP contribution in [0.3, 0.4) is 0 Å². The largest absolute Gasteiger partial charge is 0.416 e. The SMILES string of the molecule is CCS(=O)(=O)N1CCC(c2c[nH]c3c(C(N)=O)cc(-c4ccc(C(F)(F)F)cc4)cc23)CC1. The van der Waals surface area contributed by atoms with Gasteiger partial charge in [0.1, 0.15) is 0 Å². The van der Waals surface area contributed by atoms with Crippen LogP contribution in [0.1, 0.15) is 47.2 Å². The number of alkyl halides is 3. The van der Waals surface area contributed by atoms with E-state index in [0.717, 1.165) is 23.1 Å². The number of carbonyl (C=O) groups excluding carboxylic acids is 1. The van der Waals surface area contributed by atoms with E-state index in [1.165, 1.54) is 16.4 Å². The van der Waals surface area contributed by atoms with E-state index in [4.69, 9.17) is 5.73 Å². The highest BCUT2D eigenvalue weighted by Crippen LogP contribution is 2.38. The van der Waals surface area contributed by atoms with Gasteiger partial charge in [-0.05, 0) is 66.6 Å². The first-order valence-corrected chi connectivity index (χ1v) is 12.2. The van der Waals surface area contributed by atoms with Gasteiger partial charge in [-0.25, -0.2) is 12.7 Å². The molecule has 6 nitrogen and oxygen atoms in total. The first kappa shape index (κ1) is 23.3. The zero-order chi connectivity index (χ0) is 24.0. The topological polar surface area (TPSA) is 96.3 Å². The summed E-state index contributed by atoms with van der Waals surface area (Å²) >= 11 is 0. The molecule has 176 valence electrons. The molecule has 2 aromatic carbocycles. The van der Waals surface area contributed by atoms with Crippen molar-refractivity contribution in [1.29, 1.82) is 0 Å². The summed E-state index contributed by atoms with van der Waals surface area (Å²) in [6, 6.07) is 8.16. The average molecular weight is 480 g/mol. The van der Waals surface area contributed by atoms with Crippen molar-refractivity contribution in [2.24, 2.45) is 5.73 Å². The van der Waals surface area contributed by atoms with Crippen molar-refractivity contribution in [3.8, 4) is 11.1 Å². The number of carbonyl (C=O) groups is 1. The molecule has 0 spiro atoms. The van der Waals surface area contributed by atoms with Crippen LogP contribution in [0.2, 0.25) is 0 Å². The molecule has 2 heterocycles. The fourth-order valence-electron chi connectivity index (χ4n) is 4.43. The molecule has 1 fully saturated rings. The van der Waals surface area contributed by atoms with E-state index >= 15 is 0 Å². The molecule has 0 bridgehead atoms. The van der Waals surface area contributed by atoms with Gasteiger partial charge in [-0.1, -0.05) is 12.1 Å².